The minimum atomic E-state index is 0.778. The monoisotopic (exact) mass is 381 g/mol. The van der Waals surface area contributed by atoms with Crippen LogP contribution in [0.15, 0.2) is 74.0 Å². The number of hydrogen-bond donors (Lipinski definition) is 1. The Bertz CT molecular complexity index is 1220. The Balaban J connectivity index is 1.75. The summed E-state index contributed by atoms with van der Waals surface area (Å²) in [5.41, 5.74) is 9.18. The summed E-state index contributed by atoms with van der Waals surface area (Å²) < 4.78 is 1.86. The normalized spacial score (nSPS) is 11.6. The predicted octanol–water partition coefficient (Wildman–Crippen LogP) is 5.28. The lowest BCUT2D eigenvalue weighted by Crippen LogP contribution is -1.99. The molecule has 0 saturated carbocycles. The van der Waals surface area contributed by atoms with Crippen LogP contribution in [0, 0.1) is 13.8 Å². The van der Waals surface area contributed by atoms with E-state index < -0.39 is 0 Å². The second kappa shape index (κ2) is 7.72. The van der Waals surface area contributed by atoms with Crippen molar-refractivity contribution in [1.82, 2.24) is 19.6 Å². The molecular formula is C24H23N5. The number of rotatable bonds is 5. The fourth-order valence-corrected chi connectivity index (χ4v) is 3.45. The highest BCUT2D eigenvalue weighted by molar-refractivity contribution is 5.87. The summed E-state index contributed by atoms with van der Waals surface area (Å²) in [6.07, 6.45) is 11.4. The van der Waals surface area contributed by atoms with Crippen LogP contribution < -0.4 is 5.32 Å². The smallest absolute Gasteiger partial charge is 0.0760 e. The Morgan fingerprint density at radius 3 is 2.72 bits per heavy atom. The molecule has 0 spiro atoms. The number of fused-ring (bicyclic) bond motifs is 1. The molecular weight excluding hydrogens is 358 g/mol. The summed E-state index contributed by atoms with van der Waals surface area (Å²) in [4.78, 5) is 8.67. The summed E-state index contributed by atoms with van der Waals surface area (Å²) in [5.74, 6) is 0. The minimum absolute atomic E-state index is 0.778. The topological polar surface area (TPSA) is 55.1 Å². The lowest BCUT2D eigenvalue weighted by molar-refractivity contribution is 0.960. The summed E-state index contributed by atoms with van der Waals surface area (Å²) >= 11 is 0. The molecule has 0 atom stereocenters. The molecule has 5 nitrogen and oxygen atoms in total. The van der Waals surface area contributed by atoms with E-state index in [1.54, 1.807) is 12.4 Å². The molecule has 0 aliphatic carbocycles. The standard InChI is InChI=1S/C24H23N5/c1-5-21(22-11-16(2)13-26-17(22)3)19-8-10-29-24(12-19)23(15-27-29)18(4)28-20-7-6-9-25-14-20/h5-15,28H,4H2,1-3H3/b21-5-. The second-order valence-electron chi connectivity index (χ2n) is 7.00. The maximum absolute atomic E-state index is 4.53. The quantitative estimate of drug-likeness (QED) is 0.511. The van der Waals surface area contributed by atoms with Gasteiger partial charge in [0.2, 0.25) is 0 Å². The maximum Gasteiger partial charge on any atom is 0.0760 e. The first-order valence-electron chi connectivity index (χ1n) is 9.51. The number of nitrogens with zero attached hydrogens (tertiary/aromatic N) is 4. The summed E-state index contributed by atoms with van der Waals surface area (Å²) in [6, 6.07) is 10.3. The van der Waals surface area contributed by atoms with E-state index in [1.165, 1.54) is 0 Å². The van der Waals surface area contributed by atoms with Crippen LogP contribution in [-0.4, -0.2) is 19.6 Å². The molecule has 4 aromatic rings. The molecule has 0 bridgehead atoms. The number of nitrogens with one attached hydrogen (secondary N) is 1. The minimum Gasteiger partial charge on any atom is -0.354 e. The fourth-order valence-electron chi connectivity index (χ4n) is 3.45. The van der Waals surface area contributed by atoms with E-state index in [1.807, 2.05) is 42.2 Å². The number of aromatic nitrogens is 4. The average Bonchev–Trinajstić information content (AvgIpc) is 3.15. The molecule has 0 aliphatic heterocycles. The fraction of sp³-hybridized carbons (Fsp3) is 0.125. The first-order chi connectivity index (χ1) is 14.1. The highest BCUT2D eigenvalue weighted by atomic mass is 15.2. The molecule has 0 saturated heterocycles. The van der Waals surface area contributed by atoms with E-state index in [4.69, 9.17) is 0 Å². The van der Waals surface area contributed by atoms with Gasteiger partial charge in [-0.3, -0.25) is 9.97 Å². The van der Waals surface area contributed by atoms with Crippen LogP contribution in [0.2, 0.25) is 0 Å². The van der Waals surface area contributed by atoms with Crippen molar-refractivity contribution in [3.8, 4) is 0 Å². The zero-order chi connectivity index (χ0) is 20.4. The molecule has 5 heteroatoms. The van der Waals surface area contributed by atoms with Crippen LogP contribution in [-0.2, 0) is 0 Å². The number of hydrogen-bond acceptors (Lipinski definition) is 4. The van der Waals surface area contributed by atoms with Crippen molar-refractivity contribution < 1.29 is 0 Å². The molecule has 1 N–H and O–H groups in total. The van der Waals surface area contributed by atoms with Gasteiger partial charge in [0.05, 0.1) is 23.6 Å². The first-order valence-corrected chi connectivity index (χ1v) is 9.51. The maximum atomic E-state index is 4.53. The van der Waals surface area contributed by atoms with Gasteiger partial charge in [0.15, 0.2) is 0 Å². The van der Waals surface area contributed by atoms with Gasteiger partial charge >= 0.3 is 0 Å². The number of aryl methyl sites for hydroxylation is 2. The van der Waals surface area contributed by atoms with E-state index in [0.717, 1.165) is 50.4 Å². The predicted molar refractivity (Wildman–Crippen MR) is 119 cm³/mol. The molecule has 4 heterocycles. The third-order valence-corrected chi connectivity index (χ3v) is 4.92. The van der Waals surface area contributed by atoms with Crippen molar-refractivity contribution in [3.05, 3.63) is 102 Å². The van der Waals surface area contributed by atoms with Crippen LogP contribution >= 0.6 is 0 Å². The molecule has 0 radical (unpaired) electrons. The van der Waals surface area contributed by atoms with Crippen molar-refractivity contribution in [2.75, 3.05) is 5.32 Å². The van der Waals surface area contributed by atoms with Gasteiger partial charge in [0.25, 0.3) is 0 Å². The number of anilines is 1. The first kappa shape index (κ1) is 18.6. The van der Waals surface area contributed by atoms with Crippen LogP contribution in [0.4, 0.5) is 5.69 Å². The van der Waals surface area contributed by atoms with Crippen molar-refractivity contribution >= 4 is 22.5 Å². The van der Waals surface area contributed by atoms with E-state index >= 15 is 0 Å². The second-order valence-corrected chi connectivity index (χ2v) is 7.00. The Hall–Kier alpha value is -3.73. The van der Waals surface area contributed by atoms with Gasteiger partial charge in [-0.1, -0.05) is 12.7 Å². The summed E-state index contributed by atoms with van der Waals surface area (Å²) in [7, 11) is 0. The van der Waals surface area contributed by atoms with E-state index in [0.29, 0.717) is 0 Å². The molecule has 0 aromatic carbocycles. The lowest BCUT2D eigenvalue weighted by Gasteiger charge is -2.13. The summed E-state index contributed by atoms with van der Waals surface area (Å²) in [5, 5.41) is 7.79. The van der Waals surface area contributed by atoms with E-state index in [-0.39, 0.29) is 0 Å². The van der Waals surface area contributed by atoms with Crippen molar-refractivity contribution in [2.45, 2.75) is 20.8 Å². The Morgan fingerprint density at radius 2 is 1.97 bits per heavy atom. The largest absolute Gasteiger partial charge is 0.354 e. The zero-order valence-corrected chi connectivity index (χ0v) is 16.8. The van der Waals surface area contributed by atoms with Gasteiger partial charge in [-0.25, -0.2) is 4.52 Å². The van der Waals surface area contributed by atoms with Gasteiger partial charge in [-0.15, -0.1) is 0 Å². The third kappa shape index (κ3) is 3.67. The van der Waals surface area contributed by atoms with Gasteiger partial charge in [0, 0.05) is 41.1 Å². The lowest BCUT2D eigenvalue weighted by atomic mass is 9.96. The van der Waals surface area contributed by atoms with Crippen LogP contribution in [0.5, 0.6) is 0 Å². The van der Waals surface area contributed by atoms with Gasteiger partial charge in [-0.05, 0) is 67.8 Å². The highest BCUT2D eigenvalue weighted by Gasteiger charge is 2.13. The van der Waals surface area contributed by atoms with Crippen LogP contribution in [0.1, 0.15) is 34.9 Å². The van der Waals surface area contributed by atoms with Crippen molar-refractivity contribution in [1.29, 1.82) is 0 Å². The Kier molecular flexibility index (Phi) is 4.96. The molecule has 4 rings (SSSR count). The average molecular weight is 381 g/mol. The highest BCUT2D eigenvalue weighted by Crippen LogP contribution is 2.29. The van der Waals surface area contributed by atoms with Gasteiger partial charge < -0.3 is 5.32 Å². The van der Waals surface area contributed by atoms with Gasteiger partial charge in [0.1, 0.15) is 0 Å². The van der Waals surface area contributed by atoms with E-state index in [2.05, 4.69) is 65.1 Å². The molecule has 4 aromatic heterocycles. The zero-order valence-electron chi connectivity index (χ0n) is 16.8. The molecule has 144 valence electrons. The number of allylic oxidation sites excluding steroid dienone is 1. The number of pyridine rings is 3. The third-order valence-electron chi connectivity index (χ3n) is 4.92. The molecule has 0 amide bonds. The summed E-state index contributed by atoms with van der Waals surface area (Å²) in [6.45, 7) is 10.4. The van der Waals surface area contributed by atoms with Crippen molar-refractivity contribution in [3.63, 3.8) is 0 Å². The molecule has 0 aliphatic rings. The van der Waals surface area contributed by atoms with E-state index in [9.17, 15) is 0 Å². The molecule has 0 fully saturated rings. The van der Waals surface area contributed by atoms with Crippen molar-refractivity contribution in [2.24, 2.45) is 0 Å². The Morgan fingerprint density at radius 1 is 1.10 bits per heavy atom. The van der Waals surface area contributed by atoms with Gasteiger partial charge in [-0.2, -0.15) is 5.10 Å². The molecule has 29 heavy (non-hydrogen) atoms. The molecule has 0 unspecified atom stereocenters. The van der Waals surface area contributed by atoms with Crippen LogP contribution in [0.3, 0.4) is 0 Å². The van der Waals surface area contributed by atoms with Crippen LogP contribution in [0.25, 0.3) is 16.8 Å². The Labute approximate surface area is 170 Å². The SMILES string of the molecule is C=C(Nc1cccnc1)c1cnn2ccc(/C(=C/C)c3cc(C)cnc3C)cc12.